The summed E-state index contributed by atoms with van der Waals surface area (Å²) in [6.07, 6.45) is 4.25. The van der Waals surface area contributed by atoms with Gasteiger partial charge in [-0.3, -0.25) is 4.79 Å². The van der Waals surface area contributed by atoms with Gasteiger partial charge in [-0.15, -0.1) is 0 Å². The van der Waals surface area contributed by atoms with Gasteiger partial charge in [-0.05, 0) is 73.4 Å². The summed E-state index contributed by atoms with van der Waals surface area (Å²) in [5.41, 5.74) is 5.33. The molecule has 6 N–H and O–H groups in total. The van der Waals surface area contributed by atoms with Crippen molar-refractivity contribution in [1.29, 1.82) is 0 Å². The van der Waals surface area contributed by atoms with Crippen molar-refractivity contribution in [2.75, 3.05) is 32.8 Å². The van der Waals surface area contributed by atoms with Crippen molar-refractivity contribution in [3.63, 3.8) is 0 Å². The molecule has 8 heteroatoms. The molecule has 0 aromatic heterocycles. The van der Waals surface area contributed by atoms with E-state index in [-0.39, 0.29) is 18.6 Å². The third kappa shape index (κ3) is 22.6. The van der Waals surface area contributed by atoms with Crippen LogP contribution in [0.2, 0.25) is 0 Å². The number of hydrogen-bond donors (Lipinski definition) is 5. The molecule has 27 heavy (non-hydrogen) atoms. The normalized spacial score (nSPS) is 11.8. The topological polar surface area (TPSA) is 126 Å². The van der Waals surface area contributed by atoms with Crippen LogP contribution in [0.1, 0.15) is 66.7 Å². The van der Waals surface area contributed by atoms with E-state index in [2.05, 4.69) is 16.0 Å². The fraction of sp³-hybridized carbons (Fsp3) is 0.895. The smallest absolute Gasteiger partial charge is 0.407 e. The molecule has 0 aromatic rings. The molecule has 0 aliphatic rings. The number of carbonyl (C=O) groups excluding carboxylic acids is 2. The van der Waals surface area contributed by atoms with Gasteiger partial charge in [0.15, 0.2) is 0 Å². The number of rotatable bonds is 12. The van der Waals surface area contributed by atoms with Crippen LogP contribution in [0.3, 0.4) is 0 Å². The van der Waals surface area contributed by atoms with Crippen LogP contribution in [-0.4, -0.2) is 61.5 Å². The molecule has 0 heterocycles. The summed E-state index contributed by atoms with van der Waals surface area (Å²) in [5, 5.41) is 16.4. The molecule has 162 valence electrons. The van der Waals surface area contributed by atoms with E-state index < -0.39 is 11.6 Å². The first-order chi connectivity index (χ1) is 12.7. The summed E-state index contributed by atoms with van der Waals surface area (Å²) in [6, 6.07) is -0.411. The Kier molecular flexibility index (Phi) is 18.6. The van der Waals surface area contributed by atoms with E-state index in [1.54, 1.807) is 6.92 Å². The molecule has 0 aliphatic carbocycles. The molecule has 0 rings (SSSR count). The van der Waals surface area contributed by atoms with Gasteiger partial charge in [0.2, 0.25) is 5.91 Å². The van der Waals surface area contributed by atoms with Crippen LogP contribution >= 0.6 is 0 Å². The number of ether oxygens (including phenoxy) is 1. The van der Waals surface area contributed by atoms with E-state index in [1.165, 1.54) is 0 Å². The van der Waals surface area contributed by atoms with E-state index >= 15 is 0 Å². The molecule has 2 amide bonds. The number of aliphatic hydroxyl groups excluding tert-OH is 1. The summed E-state index contributed by atoms with van der Waals surface area (Å²) >= 11 is 0. The van der Waals surface area contributed by atoms with Crippen molar-refractivity contribution in [2.24, 2.45) is 5.73 Å². The van der Waals surface area contributed by atoms with Gasteiger partial charge < -0.3 is 31.5 Å². The molecule has 0 saturated carbocycles. The Morgan fingerprint density at radius 3 is 2.11 bits per heavy atom. The van der Waals surface area contributed by atoms with Crippen LogP contribution in [0.25, 0.3) is 0 Å². The van der Waals surface area contributed by atoms with Crippen LogP contribution < -0.4 is 21.7 Å². The van der Waals surface area contributed by atoms with Gasteiger partial charge in [0.1, 0.15) is 5.60 Å². The van der Waals surface area contributed by atoms with Crippen molar-refractivity contribution >= 4 is 12.0 Å². The van der Waals surface area contributed by atoms with Gasteiger partial charge in [-0.25, -0.2) is 4.79 Å². The predicted molar refractivity (Wildman–Crippen MR) is 110 cm³/mol. The van der Waals surface area contributed by atoms with Gasteiger partial charge in [-0.1, -0.05) is 6.42 Å². The number of nitrogens with one attached hydrogen (secondary N) is 3. The monoisotopic (exact) mass is 390 g/mol. The summed E-state index contributed by atoms with van der Waals surface area (Å²) < 4.78 is 5.16. The van der Waals surface area contributed by atoms with Gasteiger partial charge in [0, 0.05) is 19.7 Å². The van der Waals surface area contributed by atoms with E-state index in [9.17, 15) is 9.59 Å². The van der Waals surface area contributed by atoms with Crippen molar-refractivity contribution in [3.05, 3.63) is 0 Å². The maximum absolute atomic E-state index is 11.4. The summed E-state index contributed by atoms with van der Waals surface area (Å²) in [7, 11) is 0. The number of nitrogens with two attached hydrogens (primary N) is 1. The lowest BCUT2D eigenvalue weighted by Crippen LogP contribution is -2.40. The van der Waals surface area contributed by atoms with Crippen molar-refractivity contribution < 1.29 is 19.4 Å². The van der Waals surface area contributed by atoms with Crippen LogP contribution in [-0.2, 0) is 9.53 Å². The molecule has 0 fully saturated rings. The maximum Gasteiger partial charge on any atom is 0.407 e. The van der Waals surface area contributed by atoms with E-state index in [1.807, 2.05) is 27.7 Å². The Morgan fingerprint density at radius 1 is 1.00 bits per heavy atom. The van der Waals surface area contributed by atoms with Gasteiger partial charge in [0.05, 0.1) is 6.04 Å². The zero-order valence-corrected chi connectivity index (χ0v) is 17.9. The average molecular weight is 391 g/mol. The van der Waals surface area contributed by atoms with Gasteiger partial charge in [0.25, 0.3) is 0 Å². The molecule has 8 nitrogen and oxygen atoms in total. The minimum atomic E-state index is -0.451. The molecule has 0 radical (unpaired) electrons. The summed E-state index contributed by atoms with van der Waals surface area (Å²) in [6.45, 7) is 12.4. The number of unbranched alkanes of at least 4 members (excludes halogenated alkanes) is 2. The Hall–Kier alpha value is -1.38. The highest BCUT2D eigenvalue weighted by Crippen LogP contribution is 2.06. The second kappa shape index (κ2) is 18.0. The lowest BCUT2D eigenvalue weighted by atomic mass is 10.1. The highest BCUT2D eigenvalue weighted by molar-refractivity contribution is 5.81. The van der Waals surface area contributed by atoms with Crippen molar-refractivity contribution in [3.8, 4) is 0 Å². The summed E-state index contributed by atoms with van der Waals surface area (Å²) in [5.74, 6) is -0.0741. The van der Waals surface area contributed by atoms with Crippen molar-refractivity contribution in [1.82, 2.24) is 16.0 Å². The zero-order valence-electron chi connectivity index (χ0n) is 17.9. The second-order valence-corrected chi connectivity index (χ2v) is 7.20. The minimum Gasteiger partial charge on any atom is -0.444 e. The Bertz CT molecular complexity index is 373. The quantitative estimate of drug-likeness (QED) is 0.322. The lowest BCUT2D eigenvalue weighted by Gasteiger charge is -2.19. The number of hydrogen-bond acceptors (Lipinski definition) is 6. The third-order valence-electron chi connectivity index (χ3n) is 3.26. The molecule has 0 aliphatic heterocycles. The van der Waals surface area contributed by atoms with Gasteiger partial charge in [-0.2, -0.15) is 0 Å². The van der Waals surface area contributed by atoms with Crippen LogP contribution in [0.4, 0.5) is 4.79 Å². The van der Waals surface area contributed by atoms with Crippen LogP contribution in [0.15, 0.2) is 0 Å². The molecule has 0 saturated heterocycles. The maximum atomic E-state index is 11.4. The SMILES string of the molecule is CCNC(=O)C(N)CCCNCCCCCNC(=O)OC(C)(C)C.CCO. The van der Waals surface area contributed by atoms with E-state index in [0.29, 0.717) is 19.5 Å². The highest BCUT2D eigenvalue weighted by atomic mass is 16.6. The number of carbonyl (C=O) groups is 2. The van der Waals surface area contributed by atoms with Crippen LogP contribution in [0, 0.1) is 0 Å². The van der Waals surface area contributed by atoms with Gasteiger partial charge >= 0.3 is 6.09 Å². The second-order valence-electron chi connectivity index (χ2n) is 7.20. The zero-order chi connectivity index (χ0) is 21.1. The first kappa shape index (κ1) is 27.8. The Balaban J connectivity index is 0. The standard InChI is InChI=1S/C17H36N4O3.C2H6O/c1-5-20-15(22)14(18)10-9-12-19-11-7-6-8-13-21-16(23)24-17(2,3)4;1-2-3/h14,19H,5-13,18H2,1-4H3,(H,20,22)(H,21,23);3H,2H2,1H3. The highest BCUT2D eigenvalue weighted by Gasteiger charge is 2.15. The largest absolute Gasteiger partial charge is 0.444 e. The van der Waals surface area contributed by atoms with E-state index in [4.69, 9.17) is 15.6 Å². The molecular weight excluding hydrogens is 348 g/mol. The Labute approximate surface area is 165 Å². The molecule has 1 unspecified atom stereocenters. The molecule has 0 aromatic carbocycles. The number of likely N-dealkylation sites (N-methyl/N-ethyl adjacent to an activating group) is 1. The third-order valence-corrected chi connectivity index (χ3v) is 3.26. The lowest BCUT2D eigenvalue weighted by molar-refractivity contribution is -0.122. The fourth-order valence-electron chi connectivity index (χ4n) is 2.06. The number of alkyl carbamates (subject to hydrolysis) is 1. The average Bonchev–Trinajstić information content (AvgIpc) is 2.55. The van der Waals surface area contributed by atoms with Crippen molar-refractivity contribution in [2.45, 2.75) is 78.4 Å². The molecule has 0 bridgehead atoms. The molecular formula is C19H42N4O4. The minimum absolute atomic E-state index is 0.0741. The number of aliphatic hydroxyl groups is 1. The summed E-state index contributed by atoms with van der Waals surface area (Å²) in [4.78, 5) is 22.9. The molecule has 1 atom stereocenters. The Morgan fingerprint density at radius 2 is 1.56 bits per heavy atom. The molecule has 0 spiro atoms. The van der Waals surface area contributed by atoms with Crippen LogP contribution in [0.5, 0.6) is 0 Å². The predicted octanol–water partition coefficient (Wildman–Crippen LogP) is 1.51. The number of amides is 2. The fourth-order valence-corrected chi connectivity index (χ4v) is 2.06. The van der Waals surface area contributed by atoms with E-state index in [0.717, 1.165) is 38.8 Å². The first-order valence-electron chi connectivity index (χ1n) is 9.99. The first-order valence-corrected chi connectivity index (χ1v) is 9.99.